The monoisotopic (exact) mass is 353 g/mol. The molecule has 0 saturated heterocycles. The normalized spacial score (nSPS) is 12.1. The SMILES string of the molecule is CCCNC(=O)C(C)NC(=O)CCn1c(=O)oc2cc(Cl)ccc21. The van der Waals surface area contributed by atoms with Crippen molar-refractivity contribution in [2.24, 2.45) is 0 Å². The Labute approximate surface area is 144 Å². The van der Waals surface area contributed by atoms with E-state index in [2.05, 4.69) is 10.6 Å². The molecule has 1 unspecified atom stereocenters. The molecule has 8 heteroatoms. The highest BCUT2D eigenvalue weighted by Gasteiger charge is 2.16. The molecule has 1 heterocycles. The molecule has 24 heavy (non-hydrogen) atoms. The Bertz CT molecular complexity index is 796. The first-order valence-corrected chi connectivity index (χ1v) is 8.16. The van der Waals surface area contributed by atoms with Crippen LogP contribution in [0.4, 0.5) is 0 Å². The quantitative estimate of drug-likeness (QED) is 0.791. The molecule has 1 aromatic heterocycles. The first-order chi connectivity index (χ1) is 11.4. The van der Waals surface area contributed by atoms with E-state index in [0.29, 0.717) is 22.7 Å². The lowest BCUT2D eigenvalue weighted by Gasteiger charge is -2.13. The summed E-state index contributed by atoms with van der Waals surface area (Å²) in [5.74, 6) is -1.09. The first-order valence-electron chi connectivity index (χ1n) is 7.78. The largest absolute Gasteiger partial charge is 0.419 e. The van der Waals surface area contributed by atoms with Gasteiger partial charge in [-0.15, -0.1) is 0 Å². The zero-order chi connectivity index (χ0) is 17.7. The summed E-state index contributed by atoms with van der Waals surface area (Å²) in [6.07, 6.45) is 0.884. The van der Waals surface area contributed by atoms with Crippen molar-refractivity contribution in [3.05, 3.63) is 33.8 Å². The van der Waals surface area contributed by atoms with Crippen LogP contribution in [-0.4, -0.2) is 29.0 Å². The second-order valence-corrected chi connectivity index (χ2v) is 5.90. The van der Waals surface area contributed by atoms with Gasteiger partial charge in [0.2, 0.25) is 11.8 Å². The first kappa shape index (κ1) is 18.1. The second kappa shape index (κ2) is 8.01. The number of oxazole rings is 1. The van der Waals surface area contributed by atoms with Gasteiger partial charge in [-0.25, -0.2) is 4.79 Å². The molecule has 1 aromatic carbocycles. The van der Waals surface area contributed by atoms with Crippen LogP contribution in [-0.2, 0) is 16.1 Å². The molecule has 0 radical (unpaired) electrons. The van der Waals surface area contributed by atoms with Crippen molar-refractivity contribution >= 4 is 34.5 Å². The number of aromatic nitrogens is 1. The Morgan fingerprint density at radius 2 is 2.12 bits per heavy atom. The van der Waals surface area contributed by atoms with E-state index in [-0.39, 0.29) is 24.8 Å². The van der Waals surface area contributed by atoms with E-state index in [1.807, 2.05) is 6.92 Å². The highest BCUT2D eigenvalue weighted by Crippen LogP contribution is 2.18. The summed E-state index contributed by atoms with van der Waals surface area (Å²) in [6, 6.07) is 4.24. The van der Waals surface area contributed by atoms with E-state index in [4.69, 9.17) is 16.0 Å². The Hall–Kier alpha value is -2.28. The summed E-state index contributed by atoms with van der Waals surface area (Å²) in [5.41, 5.74) is 0.950. The molecule has 1 atom stereocenters. The van der Waals surface area contributed by atoms with Gasteiger partial charge < -0.3 is 15.1 Å². The highest BCUT2D eigenvalue weighted by molar-refractivity contribution is 6.31. The third-order valence-corrected chi connectivity index (χ3v) is 3.75. The zero-order valence-corrected chi connectivity index (χ0v) is 14.4. The van der Waals surface area contributed by atoms with Gasteiger partial charge in [0.1, 0.15) is 6.04 Å². The standard InChI is InChI=1S/C16H20ClN3O4/c1-3-7-18-15(22)10(2)19-14(21)6-8-20-12-5-4-11(17)9-13(12)24-16(20)23/h4-5,9-10H,3,6-8H2,1-2H3,(H,18,22)(H,19,21). The molecule has 0 aliphatic rings. The molecule has 2 aromatic rings. The van der Waals surface area contributed by atoms with E-state index < -0.39 is 11.8 Å². The number of hydrogen-bond acceptors (Lipinski definition) is 4. The van der Waals surface area contributed by atoms with Gasteiger partial charge in [0.25, 0.3) is 0 Å². The minimum absolute atomic E-state index is 0.0581. The maximum atomic E-state index is 12.0. The van der Waals surface area contributed by atoms with Crippen molar-refractivity contribution in [1.29, 1.82) is 0 Å². The van der Waals surface area contributed by atoms with E-state index >= 15 is 0 Å². The summed E-state index contributed by atoms with van der Waals surface area (Å²) < 4.78 is 6.47. The number of rotatable bonds is 7. The van der Waals surface area contributed by atoms with Crippen LogP contribution in [0.25, 0.3) is 11.1 Å². The molecule has 0 aliphatic carbocycles. The smallest absolute Gasteiger partial charge is 0.408 e. The number of nitrogens with zero attached hydrogens (tertiary/aromatic N) is 1. The van der Waals surface area contributed by atoms with Gasteiger partial charge in [-0.1, -0.05) is 18.5 Å². The molecule has 130 valence electrons. The van der Waals surface area contributed by atoms with Gasteiger partial charge in [0.05, 0.1) is 5.52 Å². The number of hydrogen-bond donors (Lipinski definition) is 2. The number of fused-ring (bicyclic) bond motifs is 1. The van der Waals surface area contributed by atoms with Gasteiger partial charge in [-0.2, -0.15) is 0 Å². The van der Waals surface area contributed by atoms with Crippen LogP contribution in [0.2, 0.25) is 5.02 Å². The Balaban J connectivity index is 1.96. The van der Waals surface area contributed by atoms with Crippen molar-refractivity contribution in [3.63, 3.8) is 0 Å². The topological polar surface area (TPSA) is 93.3 Å². The number of carbonyl (C=O) groups excluding carboxylic acids is 2. The molecule has 0 spiro atoms. The van der Waals surface area contributed by atoms with Gasteiger partial charge >= 0.3 is 5.76 Å². The zero-order valence-electron chi connectivity index (χ0n) is 13.6. The summed E-state index contributed by atoms with van der Waals surface area (Å²) >= 11 is 5.86. The number of aryl methyl sites for hydroxylation is 1. The molecular weight excluding hydrogens is 334 g/mol. The van der Waals surface area contributed by atoms with E-state index in [0.717, 1.165) is 6.42 Å². The van der Waals surface area contributed by atoms with Crippen LogP contribution in [0.15, 0.2) is 27.4 Å². The number of benzene rings is 1. The van der Waals surface area contributed by atoms with Crippen molar-refractivity contribution in [3.8, 4) is 0 Å². The fourth-order valence-electron chi connectivity index (χ4n) is 2.25. The molecular formula is C16H20ClN3O4. The average molecular weight is 354 g/mol. The van der Waals surface area contributed by atoms with Crippen molar-refractivity contribution in [2.75, 3.05) is 6.54 Å². The molecule has 7 nitrogen and oxygen atoms in total. The fourth-order valence-corrected chi connectivity index (χ4v) is 2.41. The van der Waals surface area contributed by atoms with Crippen molar-refractivity contribution in [1.82, 2.24) is 15.2 Å². The Kier molecular flexibility index (Phi) is 6.03. The van der Waals surface area contributed by atoms with E-state index in [1.165, 1.54) is 4.57 Å². The predicted molar refractivity (Wildman–Crippen MR) is 91.0 cm³/mol. The van der Waals surface area contributed by atoms with Gasteiger partial charge in [-0.3, -0.25) is 14.2 Å². The molecule has 2 rings (SSSR count). The maximum absolute atomic E-state index is 12.0. The third-order valence-electron chi connectivity index (χ3n) is 3.51. The van der Waals surface area contributed by atoms with Crippen LogP contribution in [0.3, 0.4) is 0 Å². The van der Waals surface area contributed by atoms with Crippen LogP contribution in [0.1, 0.15) is 26.7 Å². The lowest BCUT2D eigenvalue weighted by atomic mass is 10.2. The Morgan fingerprint density at radius 3 is 2.83 bits per heavy atom. The van der Waals surface area contributed by atoms with Gasteiger partial charge in [-0.05, 0) is 25.5 Å². The molecule has 0 fully saturated rings. The number of halogens is 1. The summed E-state index contributed by atoms with van der Waals surface area (Å²) in [5, 5.41) is 5.78. The van der Waals surface area contributed by atoms with Crippen LogP contribution < -0.4 is 16.4 Å². The van der Waals surface area contributed by atoms with Crippen LogP contribution >= 0.6 is 11.6 Å². The van der Waals surface area contributed by atoms with Crippen LogP contribution in [0, 0.1) is 0 Å². The summed E-state index contributed by atoms with van der Waals surface area (Å²) in [4.78, 5) is 35.6. The number of amides is 2. The van der Waals surface area contributed by atoms with Crippen LogP contribution in [0.5, 0.6) is 0 Å². The lowest BCUT2D eigenvalue weighted by Crippen LogP contribution is -2.45. The highest BCUT2D eigenvalue weighted by atomic mass is 35.5. The fraction of sp³-hybridized carbons (Fsp3) is 0.438. The molecule has 0 bridgehead atoms. The molecule has 0 aliphatic heterocycles. The number of nitrogens with one attached hydrogen (secondary N) is 2. The summed E-state index contributed by atoms with van der Waals surface area (Å²) in [6.45, 7) is 4.29. The minimum Gasteiger partial charge on any atom is -0.408 e. The third kappa shape index (κ3) is 4.38. The molecule has 2 amide bonds. The van der Waals surface area contributed by atoms with Crippen molar-refractivity contribution < 1.29 is 14.0 Å². The summed E-state index contributed by atoms with van der Waals surface area (Å²) in [7, 11) is 0. The Morgan fingerprint density at radius 1 is 1.38 bits per heavy atom. The average Bonchev–Trinajstić information content (AvgIpc) is 2.84. The predicted octanol–water partition coefficient (Wildman–Crippen LogP) is 1.67. The van der Waals surface area contributed by atoms with E-state index in [1.54, 1.807) is 25.1 Å². The maximum Gasteiger partial charge on any atom is 0.419 e. The van der Waals surface area contributed by atoms with Gasteiger partial charge in [0, 0.05) is 30.6 Å². The van der Waals surface area contributed by atoms with Crippen molar-refractivity contribution in [2.45, 2.75) is 39.3 Å². The second-order valence-electron chi connectivity index (χ2n) is 5.46. The number of carbonyl (C=O) groups is 2. The van der Waals surface area contributed by atoms with Gasteiger partial charge in [0.15, 0.2) is 5.58 Å². The molecule has 0 saturated carbocycles. The minimum atomic E-state index is -0.624. The molecule has 2 N–H and O–H groups in total. The lowest BCUT2D eigenvalue weighted by molar-refractivity contribution is -0.128. The van der Waals surface area contributed by atoms with E-state index in [9.17, 15) is 14.4 Å².